The fourth-order valence-corrected chi connectivity index (χ4v) is 0.985. The molecule has 3 nitrogen and oxygen atoms in total. The van der Waals surface area contributed by atoms with Gasteiger partial charge in [-0.05, 0) is 19.3 Å². The van der Waals surface area contributed by atoms with E-state index in [9.17, 15) is 0 Å². The van der Waals surface area contributed by atoms with Crippen LogP contribution >= 0.6 is 0 Å². The summed E-state index contributed by atoms with van der Waals surface area (Å²) < 4.78 is 5.50. The predicted octanol–water partition coefficient (Wildman–Crippen LogP) is 1.34. The molecule has 1 heterocycles. The zero-order valence-corrected chi connectivity index (χ0v) is 5.71. The molecule has 1 aromatic heterocycles. The first-order valence-corrected chi connectivity index (χ1v) is 3.60. The van der Waals surface area contributed by atoms with Crippen LogP contribution in [0.1, 0.15) is 19.3 Å². The van der Waals surface area contributed by atoms with Crippen LogP contribution in [0.5, 0.6) is 5.75 Å². The third-order valence-electron chi connectivity index (χ3n) is 1.83. The lowest BCUT2D eigenvalue weighted by molar-refractivity contribution is 0.120. The summed E-state index contributed by atoms with van der Waals surface area (Å²) in [7, 11) is 0. The molecule has 3 heteroatoms. The van der Waals surface area contributed by atoms with Crippen LogP contribution in [0, 0.1) is 0 Å². The summed E-state index contributed by atoms with van der Waals surface area (Å²) >= 11 is 0. The maximum absolute atomic E-state index is 5.50. The van der Waals surface area contributed by atoms with E-state index in [1.807, 2.05) is 0 Å². The van der Waals surface area contributed by atoms with E-state index in [4.69, 9.17) is 4.74 Å². The van der Waals surface area contributed by atoms with Crippen LogP contribution in [-0.4, -0.2) is 16.3 Å². The van der Waals surface area contributed by atoms with Crippen LogP contribution < -0.4 is 4.74 Å². The van der Waals surface area contributed by atoms with Crippen molar-refractivity contribution >= 4 is 0 Å². The molecule has 1 aliphatic rings. The first kappa shape index (κ1) is 5.77. The first-order chi connectivity index (χ1) is 4.95. The number of nitrogens with zero attached hydrogens (tertiary/aromatic N) is 1. The quantitative estimate of drug-likeness (QED) is 0.669. The van der Waals surface area contributed by atoms with E-state index >= 15 is 0 Å². The third-order valence-corrected chi connectivity index (χ3v) is 1.83. The second-order valence-corrected chi connectivity index (χ2v) is 2.60. The molecule has 0 unspecified atom stereocenters. The summed E-state index contributed by atoms with van der Waals surface area (Å²) in [5.41, 5.74) is 0. The molecule has 0 spiro atoms. The average Bonchev–Trinajstić information content (AvgIpc) is 2.29. The summed E-state index contributed by atoms with van der Waals surface area (Å²) in [6.45, 7) is 0. The van der Waals surface area contributed by atoms with E-state index in [0.29, 0.717) is 6.10 Å². The van der Waals surface area contributed by atoms with Crippen LogP contribution in [0.3, 0.4) is 0 Å². The summed E-state index contributed by atoms with van der Waals surface area (Å²) in [5.74, 6) is 0.865. The molecule has 0 aliphatic heterocycles. The molecule has 1 aliphatic carbocycles. The molecule has 1 saturated carbocycles. The number of rotatable bonds is 2. The van der Waals surface area contributed by atoms with Gasteiger partial charge in [0.05, 0.1) is 18.5 Å². The van der Waals surface area contributed by atoms with E-state index in [2.05, 4.69) is 10.2 Å². The Labute approximate surface area is 59.4 Å². The van der Waals surface area contributed by atoms with Crippen LogP contribution in [-0.2, 0) is 0 Å². The summed E-state index contributed by atoms with van der Waals surface area (Å²) in [5, 5.41) is 6.49. The van der Waals surface area contributed by atoms with Crippen molar-refractivity contribution in [2.75, 3.05) is 0 Å². The highest BCUT2D eigenvalue weighted by Gasteiger charge is 2.18. The maximum Gasteiger partial charge on any atom is 0.157 e. The van der Waals surface area contributed by atoms with Crippen molar-refractivity contribution in [2.24, 2.45) is 0 Å². The topological polar surface area (TPSA) is 37.9 Å². The number of aromatic amines is 1. The van der Waals surface area contributed by atoms with Gasteiger partial charge in [0.15, 0.2) is 5.75 Å². The number of hydrogen-bond donors (Lipinski definition) is 1. The minimum absolute atomic E-state index is 0.456. The molecule has 1 fully saturated rings. The van der Waals surface area contributed by atoms with Crippen LogP contribution in [0.15, 0.2) is 12.4 Å². The molecule has 1 aromatic rings. The average molecular weight is 138 g/mol. The highest BCUT2D eigenvalue weighted by molar-refractivity contribution is 5.11. The van der Waals surface area contributed by atoms with Crippen molar-refractivity contribution in [3.8, 4) is 5.75 Å². The number of H-pyrrole nitrogens is 1. The maximum atomic E-state index is 5.50. The zero-order chi connectivity index (χ0) is 6.81. The second-order valence-electron chi connectivity index (χ2n) is 2.60. The van der Waals surface area contributed by atoms with Gasteiger partial charge < -0.3 is 4.74 Å². The molecule has 0 radical (unpaired) electrons. The van der Waals surface area contributed by atoms with Gasteiger partial charge in [0.1, 0.15) is 0 Å². The highest BCUT2D eigenvalue weighted by atomic mass is 16.5. The third kappa shape index (κ3) is 0.988. The molecule has 0 amide bonds. The zero-order valence-electron chi connectivity index (χ0n) is 5.71. The second kappa shape index (κ2) is 2.33. The van der Waals surface area contributed by atoms with Crippen molar-refractivity contribution < 1.29 is 4.74 Å². The van der Waals surface area contributed by atoms with E-state index in [1.165, 1.54) is 19.3 Å². The Morgan fingerprint density at radius 1 is 1.60 bits per heavy atom. The standard InChI is InChI=1S/C7H10N2O/c1-2-6(3-1)10-7-4-8-9-5-7/h4-6H,1-3H2,(H,8,9). The van der Waals surface area contributed by atoms with Crippen molar-refractivity contribution in [2.45, 2.75) is 25.4 Å². The van der Waals surface area contributed by atoms with E-state index in [-0.39, 0.29) is 0 Å². The smallest absolute Gasteiger partial charge is 0.157 e. The van der Waals surface area contributed by atoms with Gasteiger partial charge in [-0.2, -0.15) is 5.10 Å². The van der Waals surface area contributed by atoms with Gasteiger partial charge >= 0.3 is 0 Å². The SMILES string of the molecule is c1n[nH]cc1OC1CCC1. The number of ether oxygens (including phenoxy) is 1. The molecule has 0 atom stereocenters. The highest BCUT2D eigenvalue weighted by Crippen LogP contribution is 2.23. The summed E-state index contributed by atoms with van der Waals surface area (Å²) in [6.07, 6.45) is 7.65. The van der Waals surface area contributed by atoms with Gasteiger partial charge in [0, 0.05) is 0 Å². The largest absolute Gasteiger partial charge is 0.487 e. The van der Waals surface area contributed by atoms with Crippen molar-refractivity contribution in [1.82, 2.24) is 10.2 Å². The fraction of sp³-hybridized carbons (Fsp3) is 0.571. The van der Waals surface area contributed by atoms with E-state index in [1.54, 1.807) is 12.4 Å². The Hall–Kier alpha value is -0.990. The molecule has 1 N–H and O–H groups in total. The lowest BCUT2D eigenvalue weighted by atomic mass is 9.96. The van der Waals surface area contributed by atoms with Gasteiger partial charge in [0.25, 0.3) is 0 Å². The van der Waals surface area contributed by atoms with E-state index < -0.39 is 0 Å². The lowest BCUT2D eigenvalue weighted by Crippen LogP contribution is -2.24. The molecule has 0 aromatic carbocycles. The van der Waals surface area contributed by atoms with Crippen molar-refractivity contribution in [1.29, 1.82) is 0 Å². The Balaban J connectivity index is 1.90. The summed E-state index contributed by atoms with van der Waals surface area (Å²) in [4.78, 5) is 0. The van der Waals surface area contributed by atoms with Crippen molar-refractivity contribution in [3.63, 3.8) is 0 Å². The monoisotopic (exact) mass is 138 g/mol. The normalized spacial score (nSPS) is 18.4. The Morgan fingerprint density at radius 3 is 3.00 bits per heavy atom. The fourth-order valence-electron chi connectivity index (χ4n) is 0.985. The minimum Gasteiger partial charge on any atom is -0.487 e. The Morgan fingerprint density at radius 2 is 2.50 bits per heavy atom. The van der Waals surface area contributed by atoms with Crippen LogP contribution in [0.2, 0.25) is 0 Å². The van der Waals surface area contributed by atoms with Gasteiger partial charge in [0.2, 0.25) is 0 Å². The minimum atomic E-state index is 0.456. The Kier molecular flexibility index (Phi) is 1.34. The molecular weight excluding hydrogens is 128 g/mol. The number of aromatic nitrogens is 2. The molecular formula is C7H10N2O. The number of hydrogen-bond acceptors (Lipinski definition) is 2. The molecule has 0 saturated heterocycles. The van der Waals surface area contributed by atoms with Gasteiger partial charge in [-0.3, -0.25) is 5.10 Å². The van der Waals surface area contributed by atoms with Gasteiger partial charge in [-0.25, -0.2) is 0 Å². The number of nitrogens with one attached hydrogen (secondary N) is 1. The van der Waals surface area contributed by atoms with Gasteiger partial charge in [-0.1, -0.05) is 0 Å². The van der Waals surface area contributed by atoms with Gasteiger partial charge in [-0.15, -0.1) is 0 Å². The lowest BCUT2D eigenvalue weighted by Gasteiger charge is -2.25. The first-order valence-electron chi connectivity index (χ1n) is 3.60. The Bertz CT molecular complexity index is 191. The molecule has 10 heavy (non-hydrogen) atoms. The van der Waals surface area contributed by atoms with E-state index in [0.717, 1.165) is 5.75 Å². The van der Waals surface area contributed by atoms with Crippen LogP contribution in [0.25, 0.3) is 0 Å². The van der Waals surface area contributed by atoms with Crippen molar-refractivity contribution in [3.05, 3.63) is 12.4 Å². The molecule has 2 rings (SSSR count). The molecule has 0 bridgehead atoms. The molecule has 54 valence electrons. The summed E-state index contributed by atoms with van der Waals surface area (Å²) in [6, 6.07) is 0. The van der Waals surface area contributed by atoms with Crippen LogP contribution in [0.4, 0.5) is 0 Å². The predicted molar refractivity (Wildman–Crippen MR) is 36.9 cm³/mol.